The Morgan fingerprint density at radius 3 is 2.57 bits per heavy atom. The third-order valence-electron chi connectivity index (χ3n) is 8.47. The lowest BCUT2D eigenvalue weighted by atomic mass is 10.0. The molecule has 3 aromatic carbocycles. The number of nitrogens with one attached hydrogen (secondary N) is 1. The molecule has 3 amide bonds. The van der Waals surface area contributed by atoms with Crippen molar-refractivity contribution in [2.45, 2.75) is 38.6 Å². The van der Waals surface area contributed by atoms with Crippen molar-refractivity contribution in [3.05, 3.63) is 94.1 Å². The van der Waals surface area contributed by atoms with Crippen molar-refractivity contribution in [1.29, 1.82) is 0 Å². The summed E-state index contributed by atoms with van der Waals surface area (Å²) in [4.78, 5) is 46.5. The molecule has 1 atom stereocenters. The first-order chi connectivity index (χ1) is 21.3. The van der Waals surface area contributed by atoms with Gasteiger partial charge in [0.2, 0.25) is 17.5 Å². The second kappa shape index (κ2) is 12.3. The van der Waals surface area contributed by atoms with Crippen LogP contribution >= 0.6 is 0 Å². The Hall–Kier alpha value is -4.95. The van der Waals surface area contributed by atoms with Gasteiger partial charge >= 0.3 is 0 Å². The maximum absolute atomic E-state index is 15.2. The maximum Gasteiger partial charge on any atom is 0.255 e. The molecule has 11 heteroatoms. The maximum atomic E-state index is 15.2. The first-order valence-electron chi connectivity index (χ1n) is 14.5. The molecule has 0 aliphatic carbocycles. The zero-order chi connectivity index (χ0) is 30.8. The lowest BCUT2D eigenvalue weighted by molar-refractivity contribution is -0.136. The van der Waals surface area contributed by atoms with E-state index < -0.39 is 11.9 Å². The van der Waals surface area contributed by atoms with E-state index in [1.54, 1.807) is 43.5 Å². The van der Waals surface area contributed by atoms with Gasteiger partial charge in [0.25, 0.3) is 5.91 Å². The van der Waals surface area contributed by atoms with Gasteiger partial charge in [-0.05, 0) is 42.3 Å². The van der Waals surface area contributed by atoms with Crippen molar-refractivity contribution >= 4 is 29.1 Å². The fourth-order valence-electron chi connectivity index (χ4n) is 6.03. The van der Waals surface area contributed by atoms with E-state index in [2.05, 4.69) is 20.0 Å². The van der Waals surface area contributed by atoms with E-state index >= 15 is 4.39 Å². The minimum Gasteiger partial charge on any atom is -0.508 e. The number of rotatable bonds is 8. The highest BCUT2D eigenvalue weighted by Crippen LogP contribution is 2.35. The number of amides is 3. The van der Waals surface area contributed by atoms with Crippen LogP contribution in [0.25, 0.3) is 4.85 Å². The van der Waals surface area contributed by atoms with Crippen LogP contribution in [0.3, 0.4) is 0 Å². The molecule has 0 saturated carbocycles. The molecular formula is C33H32FN5O5. The molecule has 10 nitrogen and oxygen atoms in total. The minimum absolute atomic E-state index is 0.0103. The summed E-state index contributed by atoms with van der Waals surface area (Å²) in [5, 5.41) is 2.31. The van der Waals surface area contributed by atoms with Gasteiger partial charge in [-0.3, -0.25) is 24.6 Å². The average Bonchev–Trinajstić information content (AvgIpc) is 3.37. The molecule has 1 N–H and O–H groups in total. The lowest BCUT2D eigenvalue weighted by Gasteiger charge is -2.36. The fraction of sp³-hybridized carbons (Fsp3) is 0.333. The van der Waals surface area contributed by atoms with Crippen LogP contribution in [-0.4, -0.2) is 66.9 Å². The second-order valence-corrected chi connectivity index (χ2v) is 11.1. The van der Waals surface area contributed by atoms with Gasteiger partial charge in [0.05, 0.1) is 20.2 Å². The topological polar surface area (TPSA) is 95.8 Å². The summed E-state index contributed by atoms with van der Waals surface area (Å²) in [5.41, 5.74) is 3.88. The van der Waals surface area contributed by atoms with Crippen LogP contribution in [0.15, 0.2) is 54.6 Å². The minimum atomic E-state index is -0.714. The van der Waals surface area contributed by atoms with Crippen LogP contribution < -0.4 is 19.7 Å². The van der Waals surface area contributed by atoms with Crippen LogP contribution in [0.1, 0.15) is 39.9 Å². The first-order valence-corrected chi connectivity index (χ1v) is 14.5. The van der Waals surface area contributed by atoms with Crippen molar-refractivity contribution in [2.24, 2.45) is 0 Å². The van der Waals surface area contributed by atoms with Gasteiger partial charge in [-0.25, -0.2) is 9.24 Å². The van der Waals surface area contributed by atoms with Gasteiger partial charge in [0.15, 0.2) is 0 Å². The smallest absolute Gasteiger partial charge is 0.255 e. The van der Waals surface area contributed by atoms with Crippen LogP contribution in [0, 0.1) is 12.4 Å². The van der Waals surface area contributed by atoms with E-state index in [4.69, 9.17) is 16.0 Å². The van der Waals surface area contributed by atoms with Gasteiger partial charge in [-0.15, -0.1) is 0 Å². The molecule has 3 heterocycles. The number of halogens is 1. The predicted octanol–water partition coefficient (Wildman–Crippen LogP) is 4.05. The van der Waals surface area contributed by atoms with Gasteiger partial charge in [-0.2, -0.15) is 0 Å². The summed E-state index contributed by atoms with van der Waals surface area (Å²) < 4.78 is 26.5. The molecule has 0 radical (unpaired) electrons. The Kier molecular flexibility index (Phi) is 8.17. The number of carbonyl (C=O) groups is 3. The highest BCUT2D eigenvalue weighted by Gasteiger charge is 2.40. The van der Waals surface area contributed by atoms with E-state index in [1.807, 2.05) is 18.2 Å². The number of carbonyl (C=O) groups excluding carboxylic acids is 3. The van der Waals surface area contributed by atoms with E-state index in [-0.39, 0.29) is 43.6 Å². The number of fused-ring (bicyclic) bond motifs is 1. The molecule has 0 unspecified atom stereocenters. The lowest BCUT2D eigenvalue weighted by Crippen LogP contribution is -2.52. The Morgan fingerprint density at radius 2 is 1.84 bits per heavy atom. The molecular weight excluding hydrogens is 565 g/mol. The summed E-state index contributed by atoms with van der Waals surface area (Å²) in [7, 11) is 1.57. The molecule has 2 fully saturated rings. The third kappa shape index (κ3) is 5.81. The Morgan fingerprint density at radius 1 is 1.02 bits per heavy atom. The summed E-state index contributed by atoms with van der Waals surface area (Å²) in [6.45, 7) is 11.3. The Balaban J connectivity index is 1.05. The first kappa shape index (κ1) is 29.1. The summed E-state index contributed by atoms with van der Waals surface area (Å²) >= 11 is 0. The zero-order valence-electron chi connectivity index (χ0n) is 24.3. The molecule has 44 heavy (non-hydrogen) atoms. The van der Waals surface area contributed by atoms with E-state index in [1.165, 1.54) is 4.90 Å². The summed E-state index contributed by atoms with van der Waals surface area (Å²) in [6, 6.07) is 15.2. The highest BCUT2D eigenvalue weighted by molar-refractivity contribution is 6.05. The van der Waals surface area contributed by atoms with Crippen LogP contribution in [0.5, 0.6) is 11.5 Å². The van der Waals surface area contributed by atoms with Crippen LogP contribution in [0.2, 0.25) is 0 Å². The largest absolute Gasteiger partial charge is 0.508 e. The van der Waals surface area contributed by atoms with Gasteiger partial charge in [0.1, 0.15) is 30.0 Å². The standard InChI is InChI=1S/C33H32FN5O5/c1-35-27-9-8-23(17-30(27)43-2)38-14-12-37(13-15-38)18-21-6-7-22(26(34)16-21)20-44-29-5-3-4-24-25(29)19-39(33(24)42)28-10-11-31(40)36-32(28)41/h3-9,16-17,28H,10-15,18-20H2,2H3,(H,36,40,41)/t28-/m0/s1. The number of piperidine rings is 1. The Bertz CT molecular complexity index is 1660. The van der Waals surface area contributed by atoms with Gasteiger partial charge in [-0.1, -0.05) is 24.3 Å². The molecule has 3 aromatic rings. The van der Waals surface area contributed by atoms with E-state index in [0.29, 0.717) is 40.4 Å². The summed E-state index contributed by atoms with van der Waals surface area (Å²) in [5.74, 6) is -0.415. The number of nitrogens with zero attached hydrogens (tertiary/aromatic N) is 4. The van der Waals surface area contributed by atoms with Gasteiger partial charge in [0, 0.05) is 61.5 Å². The number of methoxy groups -OCH3 is 1. The molecule has 226 valence electrons. The SMILES string of the molecule is [C-]#[N+]c1ccc(N2CCN(Cc3ccc(COc4cccc5c4CN([C@H]4CCC(=O)NC4=O)C5=O)c(F)c3)CC2)cc1OC. The predicted molar refractivity (Wildman–Crippen MR) is 160 cm³/mol. The van der Waals surface area contributed by atoms with Crippen molar-refractivity contribution in [3.63, 3.8) is 0 Å². The number of ether oxygens (including phenoxy) is 2. The molecule has 0 aromatic heterocycles. The third-order valence-corrected chi connectivity index (χ3v) is 8.47. The van der Waals surface area contributed by atoms with Crippen molar-refractivity contribution in [1.82, 2.24) is 15.1 Å². The van der Waals surface area contributed by atoms with E-state index in [0.717, 1.165) is 37.4 Å². The molecule has 3 aliphatic heterocycles. The van der Waals surface area contributed by atoms with Gasteiger partial charge < -0.3 is 19.3 Å². The average molecular weight is 598 g/mol. The normalized spacial score (nSPS) is 18.6. The van der Waals surface area contributed by atoms with E-state index in [9.17, 15) is 14.4 Å². The number of benzene rings is 3. The zero-order valence-corrected chi connectivity index (χ0v) is 24.3. The van der Waals surface area contributed by atoms with Crippen LogP contribution in [0.4, 0.5) is 15.8 Å². The van der Waals surface area contributed by atoms with Crippen molar-refractivity contribution in [3.8, 4) is 11.5 Å². The molecule has 3 aliphatic rings. The molecule has 2 saturated heterocycles. The summed E-state index contributed by atoms with van der Waals surface area (Å²) in [6.07, 6.45) is 0.460. The molecule has 0 bridgehead atoms. The number of hydrogen-bond acceptors (Lipinski definition) is 7. The molecule has 6 rings (SSSR count). The molecule has 0 spiro atoms. The quantitative estimate of drug-likeness (QED) is 0.309. The highest BCUT2D eigenvalue weighted by atomic mass is 19.1. The fourth-order valence-corrected chi connectivity index (χ4v) is 6.03. The second-order valence-electron chi connectivity index (χ2n) is 11.1. The number of hydrogen-bond donors (Lipinski definition) is 1. The monoisotopic (exact) mass is 597 g/mol. The Labute approximate surface area is 254 Å². The number of piperazine rings is 1. The van der Waals surface area contributed by atoms with Crippen molar-refractivity contribution < 1.29 is 28.2 Å². The number of anilines is 1. The number of imide groups is 1. The van der Waals surface area contributed by atoms with Crippen molar-refractivity contribution in [2.75, 3.05) is 38.2 Å². The van der Waals surface area contributed by atoms with Crippen LogP contribution in [-0.2, 0) is 29.3 Å².